The Kier molecular flexibility index (Phi) is 7.90. The Morgan fingerprint density at radius 3 is 2.73 bits per heavy atom. The summed E-state index contributed by atoms with van der Waals surface area (Å²) in [6, 6.07) is 13.0. The van der Waals surface area contributed by atoms with Gasteiger partial charge >= 0.3 is 6.03 Å². The molecule has 1 aliphatic rings. The van der Waals surface area contributed by atoms with Crippen LogP contribution in [0.15, 0.2) is 42.6 Å². The average molecular weight is 408 g/mol. The Balaban J connectivity index is 1.39. The topological polar surface area (TPSA) is 90.3 Å². The van der Waals surface area contributed by atoms with Gasteiger partial charge in [-0.1, -0.05) is 13.3 Å². The van der Waals surface area contributed by atoms with Crippen molar-refractivity contribution in [3.8, 4) is 11.8 Å². The van der Waals surface area contributed by atoms with Crippen molar-refractivity contribution in [2.75, 3.05) is 36.5 Å². The van der Waals surface area contributed by atoms with Gasteiger partial charge in [0.1, 0.15) is 17.6 Å². The van der Waals surface area contributed by atoms with Crippen LogP contribution in [0.25, 0.3) is 0 Å². The Labute approximate surface area is 178 Å². The lowest BCUT2D eigenvalue weighted by Gasteiger charge is -2.33. The van der Waals surface area contributed by atoms with Crippen molar-refractivity contribution in [2.24, 2.45) is 5.92 Å². The number of anilines is 2. The summed E-state index contributed by atoms with van der Waals surface area (Å²) in [5, 5.41) is 15.1. The SMILES string of the molecule is CCCCOc1ccc(NC(=O)NCC2CCN(c3ncccc3C#N)CC2)cc1. The summed E-state index contributed by atoms with van der Waals surface area (Å²) in [7, 11) is 0. The Hall–Kier alpha value is -3.27. The lowest BCUT2D eigenvalue weighted by molar-refractivity contribution is 0.248. The number of urea groups is 1. The molecule has 3 rings (SSSR count). The number of benzene rings is 1. The summed E-state index contributed by atoms with van der Waals surface area (Å²) in [6.45, 7) is 5.13. The fraction of sp³-hybridized carbons (Fsp3) is 0.435. The van der Waals surface area contributed by atoms with Gasteiger partial charge in [-0.15, -0.1) is 0 Å². The third kappa shape index (κ3) is 6.11. The minimum Gasteiger partial charge on any atom is -0.494 e. The average Bonchev–Trinajstić information content (AvgIpc) is 2.79. The van der Waals surface area contributed by atoms with E-state index in [1.54, 1.807) is 18.3 Å². The lowest BCUT2D eigenvalue weighted by atomic mass is 9.96. The van der Waals surface area contributed by atoms with Gasteiger partial charge in [0.2, 0.25) is 0 Å². The highest BCUT2D eigenvalue weighted by atomic mass is 16.5. The molecule has 0 aliphatic carbocycles. The van der Waals surface area contributed by atoms with Gasteiger partial charge in [-0.25, -0.2) is 9.78 Å². The first kappa shape index (κ1) is 21.4. The molecule has 7 heteroatoms. The van der Waals surface area contributed by atoms with Crippen molar-refractivity contribution < 1.29 is 9.53 Å². The third-order valence-corrected chi connectivity index (χ3v) is 5.25. The predicted molar refractivity (Wildman–Crippen MR) is 118 cm³/mol. The molecule has 1 saturated heterocycles. The van der Waals surface area contributed by atoms with E-state index in [4.69, 9.17) is 4.74 Å². The van der Waals surface area contributed by atoms with Crippen molar-refractivity contribution in [2.45, 2.75) is 32.6 Å². The molecule has 30 heavy (non-hydrogen) atoms. The molecule has 1 aromatic heterocycles. The van der Waals surface area contributed by atoms with Gasteiger partial charge in [-0.05, 0) is 61.6 Å². The highest BCUT2D eigenvalue weighted by Gasteiger charge is 2.22. The Bertz CT molecular complexity index is 855. The number of piperidine rings is 1. The smallest absolute Gasteiger partial charge is 0.319 e. The van der Waals surface area contributed by atoms with Crippen LogP contribution in [0, 0.1) is 17.2 Å². The van der Waals surface area contributed by atoms with Crippen molar-refractivity contribution in [3.63, 3.8) is 0 Å². The number of amides is 2. The number of pyridine rings is 1. The minimum atomic E-state index is -0.200. The second-order valence-corrected chi connectivity index (χ2v) is 7.48. The number of rotatable bonds is 8. The number of carbonyl (C=O) groups is 1. The van der Waals surface area contributed by atoms with E-state index in [9.17, 15) is 10.1 Å². The zero-order valence-electron chi connectivity index (χ0n) is 17.4. The molecule has 7 nitrogen and oxygen atoms in total. The summed E-state index contributed by atoms with van der Waals surface area (Å²) in [4.78, 5) is 18.7. The first-order valence-corrected chi connectivity index (χ1v) is 10.6. The number of hydrogen-bond acceptors (Lipinski definition) is 5. The van der Waals surface area contributed by atoms with E-state index in [1.165, 1.54) is 0 Å². The van der Waals surface area contributed by atoms with Crippen LogP contribution in [0.1, 0.15) is 38.2 Å². The first-order valence-electron chi connectivity index (χ1n) is 10.6. The molecule has 2 aromatic rings. The normalized spacial score (nSPS) is 14.1. The number of hydrogen-bond donors (Lipinski definition) is 2. The van der Waals surface area contributed by atoms with Gasteiger partial charge in [-0.3, -0.25) is 0 Å². The summed E-state index contributed by atoms with van der Waals surface area (Å²) in [6.07, 6.45) is 5.75. The van der Waals surface area contributed by atoms with Crippen LogP contribution >= 0.6 is 0 Å². The number of aromatic nitrogens is 1. The molecule has 0 spiro atoms. The molecule has 2 amide bonds. The molecule has 158 valence electrons. The molecular weight excluding hydrogens is 378 g/mol. The van der Waals surface area contributed by atoms with E-state index in [-0.39, 0.29) is 6.03 Å². The molecule has 0 radical (unpaired) electrons. The van der Waals surface area contributed by atoms with Crippen molar-refractivity contribution in [3.05, 3.63) is 48.2 Å². The van der Waals surface area contributed by atoms with Gasteiger partial charge in [0.15, 0.2) is 0 Å². The van der Waals surface area contributed by atoms with E-state index in [0.717, 1.165) is 56.0 Å². The maximum Gasteiger partial charge on any atom is 0.319 e. The highest BCUT2D eigenvalue weighted by Crippen LogP contribution is 2.24. The summed E-state index contributed by atoms with van der Waals surface area (Å²) >= 11 is 0. The molecule has 2 N–H and O–H groups in total. The quantitative estimate of drug-likeness (QED) is 0.641. The molecule has 0 bridgehead atoms. The molecular formula is C23H29N5O2. The van der Waals surface area contributed by atoms with E-state index in [0.29, 0.717) is 24.6 Å². The van der Waals surface area contributed by atoms with Crippen molar-refractivity contribution >= 4 is 17.5 Å². The maximum atomic E-state index is 12.2. The van der Waals surface area contributed by atoms with Gasteiger partial charge < -0.3 is 20.3 Å². The summed E-state index contributed by atoms with van der Waals surface area (Å²) in [5.41, 5.74) is 1.35. The van der Waals surface area contributed by atoms with Gasteiger partial charge in [0.05, 0.1) is 12.2 Å². The first-order chi connectivity index (χ1) is 14.7. The Morgan fingerprint density at radius 2 is 2.03 bits per heavy atom. The van der Waals surface area contributed by atoms with E-state index in [2.05, 4.69) is 33.5 Å². The molecule has 1 aliphatic heterocycles. The minimum absolute atomic E-state index is 0.200. The number of carbonyl (C=O) groups excluding carboxylic acids is 1. The standard InChI is InChI=1S/C23H29N5O2/c1-2-3-15-30-21-8-6-20(7-9-21)27-23(29)26-17-18-10-13-28(14-11-18)22-19(16-24)5-4-12-25-22/h4-9,12,18H,2-3,10-11,13-15,17H2,1H3,(H2,26,27,29). The summed E-state index contributed by atoms with van der Waals surface area (Å²) < 4.78 is 5.63. The van der Waals surface area contributed by atoms with Crippen molar-refractivity contribution in [1.82, 2.24) is 10.3 Å². The number of unbranched alkanes of at least 4 members (excludes halogenated alkanes) is 1. The fourth-order valence-electron chi connectivity index (χ4n) is 3.47. The van der Waals surface area contributed by atoms with Crippen LogP contribution in [0.3, 0.4) is 0 Å². The van der Waals surface area contributed by atoms with Crippen molar-refractivity contribution in [1.29, 1.82) is 5.26 Å². The van der Waals surface area contributed by atoms with Gasteiger partial charge in [0, 0.05) is 31.5 Å². The van der Waals surface area contributed by atoms with Crippen LogP contribution < -0.4 is 20.3 Å². The number of nitrogens with zero attached hydrogens (tertiary/aromatic N) is 3. The monoisotopic (exact) mass is 407 g/mol. The van der Waals surface area contributed by atoms with Gasteiger partial charge in [-0.2, -0.15) is 5.26 Å². The molecule has 0 atom stereocenters. The van der Waals surface area contributed by atoms with E-state index in [1.807, 2.05) is 24.3 Å². The zero-order valence-corrected chi connectivity index (χ0v) is 17.4. The number of ether oxygens (including phenoxy) is 1. The van der Waals surface area contributed by atoms with Crippen LogP contribution in [-0.4, -0.2) is 37.3 Å². The molecule has 0 saturated carbocycles. The highest BCUT2D eigenvalue weighted by molar-refractivity contribution is 5.89. The lowest BCUT2D eigenvalue weighted by Crippen LogP contribution is -2.40. The Morgan fingerprint density at radius 1 is 1.27 bits per heavy atom. The predicted octanol–water partition coefficient (Wildman–Crippen LogP) is 4.17. The van der Waals surface area contributed by atoms with Gasteiger partial charge in [0.25, 0.3) is 0 Å². The third-order valence-electron chi connectivity index (χ3n) is 5.25. The fourth-order valence-corrected chi connectivity index (χ4v) is 3.47. The van der Waals surface area contributed by atoms with Crippen LogP contribution in [0.5, 0.6) is 5.75 Å². The molecule has 1 fully saturated rings. The maximum absolute atomic E-state index is 12.2. The van der Waals surface area contributed by atoms with E-state index >= 15 is 0 Å². The van der Waals surface area contributed by atoms with Crippen LogP contribution in [0.2, 0.25) is 0 Å². The molecule has 0 unspecified atom stereocenters. The number of nitriles is 1. The van der Waals surface area contributed by atoms with Crippen LogP contribution in [-0.2, 0) is 0 Å². The van der Waals surface area contributed by atoms with Crippen LogP contribution in [0.4, 0.5) is 16.3 Å². The largest absolute Gasteiger partial charge is 0.494 e. The molecule has 2 heterocycles. The zero-order chi connectivity index (χ0) is 21.2. The summed E-state index contributed by atoms with van der Waals surface area (Å²) in [5.74, 6) is 1.98. The number of nitrogens with one attached hydrogen (secondary N) is 2. The second-order valence-electron chi connectivity index (χ2n) is 7.48. The second kappa shape index (κ2) is 11.1. The van der Waals surface area contributed by atoms with E-state index < -0.39 is 0 Å². The molecule has 1 aromatic carbocycles.